The van der Waals surface area contributed by atoms with Gasteiger partial charge >= 0.3 is 5.97 Å². The Morgan fingerprint density at radius 1 is 1.30 bits per heavy atom. The Labute approximate surface area is 136 Å². The molecule has 6 heteroatoms. The van der Waals surface area contributed by atoms with Gasteiger partial charge in [-0.1, -0.05) is 27.2 Å². The van der Waals surface area contributed by atoms with Gasteiger partial charge in [-0.3, -0.25) is 4.79 Å². The van der Waals surface area contributed by atoms with Crippen LogP contribution in [0.1, 0.15) is 44.0 Å². The van der Waals surface area contributed by atoms with E-state index in [0.717, 1.165) is 12.8 Å². The molecule has 0 saturated carbocycles. The van der Waals surface area contributed by atoms with Gasteiger partial charge in [-0.25, -0.2) is 4.79 Å². The quantitative estimate of drug-likeness (QED) is 0.683. The van der Waals surface area contributed by atoms with E-state index < -0.39 is 17.9 Å². The number of ether oxygens (including phenoxy) is 2. The van der Waals surface area contributed by atoms with Crippen molar-refractivity contribution < 1.29 is 24.2 Å². The molecule has 2 N–H and O–H groups in total. The van der Waals surface area contributed by atoms with Gasteiger partial charge in [0.15, 0.2) is 0 Å². The summed E-state index contributed by atoms with van der Waals surface area (Å²) in [5, 5.41) is 11.7. The highest BCUT2D eigenvalue weighted by atomic mass is 16.5. The SMILES string of the molecule is CCCCOc1cc(OC)ccc1C(=O)NC(C(=O)O)C(C)C. The average molecular weight is 323 g/mol. The molecule has 0 fully saturated rings. The second-order valence-corrected chi connectivity index (χ2v) is 5.60. The van der Waals surface area contributed by atoms with Gasteiger partial charge in [0, 0.05) is 6.07 Å². The molecule has 0 aliphatic heterocycles. The number of carboxylic acid groups (broad SMARTS) is 1. The zero-order valence-electron chi connectivity index (χ0n) is 14.1. The number of hydrogen-bond donors (Lipinski definition) is 2. The Balaban J connectivity index is 2.99. The van der Waals surface area contributed by atoms with Crippen LogP contribution in [0.25, 0.3) is 0 Å². The zero-order valence-corrected chi connectivity index (χ0v) is 14.1. The maximum absolute atomic E-state index is 12.4. The molecule has 0 aliphatic rings. The van der Waals surface area contributed by atoms with Gasteiger partial charge in [-0.15, -0.1) is 0 Å². The largest absolute Gasteiger partial charge is 0.497 e. The lowest BCUT2D eigenvalue weighted by Gasteiger charge is -2.19. The first-order valence-electron chi connectivity index (χ1n) is 7.75. The average Bonchev–Trinajstić information content (AvgIpc) is 2.51. The lowest BCUT2D eigenvalue weighted by molar-refractivity contribution is -0.140. The maximum atomic E-state index is 12.4. The fourth-order valence-electron chi connectivity index (χ4n) is 2.00. The van der Waals surface area contributed by atoms with Crippen LogP contribution >= 0.6 is 0 Å². The summed E-state index contributed by atoms with van der Waals surface area (Å²) in [7, 11) is 1.53. The minimum absolute atomic E-state index is 0.223. The van der Waals surface area contributed by atoms with Crippen LogP contribution in [0.15, 0.2) is 18.2 Å². The normalized spacial score (nSPS) is 11.9. The van der Waals surface area contributed by atoms with Crippen molar-refractivity contribution in [1.29, 1.82) is 0 Å². The number of nitrogens with one attached hydrogen (secondary N) is 1. The minimum atomic E-state index is -1.06. The molecule has 128 valence electrons. The number of amides is 1. The summed E-state index contributed by atoms with van der Waals surface area (Å²) >= 11 is 0. The molecule has 23 heavy (non-hydrogen) atoms. The van der Waals surface area contributed by atoms with Crippen LogP contribution < -0.4 is 14.8 Å². The number of aliphatic carboxylic acids is 1. The van der Waals surface area contributed by atoms with Crippen LogP contribution in [0.3, 0.4) is 0 Å². The summed E-state index contributed by atoms with van der Waals surface area (Å²) in [4.78, 5) is 23.7. The van der Waals surface area contributed by atoms with E-state index in [0.29, 0.717) is 23.7 Å². The van der Waals surface area contributed by atoms with Gasteiger partial charge in [-0.2, -0.15) is 0 Å². The van der Waals surface area contributed by atoms with E-state index in [4.69, 9.17) is 9.47 Å². The van der Waals surface area contributed by atoms with E-state index in [-0.39, 0.29) is 5.92 Å². The maximum Gasteiger partial charge on any atom is 0.326 e. The Hall–Kier alpha value is -2.24. The van der Waals surface area contributed by atoms with Gasteiger partial charge < -0.3 is 19.9 Å². The highest BCUT2D eigenvalue weighted by molar-refractivity contribution is 5.99. The Bertz CT molecular complexity index is 542. The highest BCUT2D eigenvalue weighted by Crippen LogP contribution is 2.25. The molecule has 1 amide bonds. The van der Waals surface area contributed by atoms with Crippen LogP contribution in [0, 0.1) is 5.92 Å². The summed E-state index contributed by atoms with van der Waals surface area (Å²) in [6.45, 7) is 6.01. The first-order valence-corrected chi connectivity index (χ1v) is 7.75. The summed E-state index contributed by atoms with van der Waals surface area (Å²) < 4.78 is 10.8. The van der Waals surface area contributed by atoms with E-state index in [2.05, 4.69) is 5.32 Å². The van der Waals surface area contributed by atoms with Crippen LogP contribution in [0.4, 0.5) is 0 Å². The molecule has 0 aliphatic carbocycles. The molecule has 1 aromatic carbocycles. The van der Waals surface area contributed by atoms with Crippen LogP contribution in [-0.4, -0.2) is 36.7 Å². The number of unbranched alkanes of at least 4 members (excludes halogenated alkanes) is 1. The predicted octanol–water partition coefficient (Wildman–Crippen LogP) is 2.71. The lowest BCUT2D eigenvalue weighted by Crippen LogP contribution is -2.44. The van der Waals surface area contributed by atoms with Crippen molar-refractivity contribution >= 4 is 11.9 Å². The Kier molecular flexibility index (Phi) is 7.38. The molecular weight excluding hydrogens is 298 g/mol. The zero-order chi connectivity index (χ0) is 17.4. The van der Waals surface area contributed by atoms with E-state index in [9.17, 15) is 14.7 Å². The number of carbonyl (C=O) groups excluding carboxylic acids is 1. The first kappa shape index (κ1) is 18.8. The van der Waals surface area contributed by atoms with Crippen molar-refractivity contribution in [3.63, 3.8) is 0 Å². The molecule has 0 bridgehead atoms. The van der Waals surface area contributed by atoms with Gasteiger partial charge in [-0.05, 0) is 24.5 Å². The van der Waals surface area contributed by atoms with E-state index >= 15 is 0 Å². The summed E-state index contributed by atoms with van der Waals surface area (Å²) in [6, 6.07) is 3.91. The van der Waals surface area contributed by atoms with Gasteiger partial charge in [0.1, 0.15) is 17.5 Å². The molecule has 1 rings (SSSR count). The summed E-state index contributed by atoms with van der Waals surface area (Å²) in [6.07, 6.45) is 1.84. The monoisotopic (exact) mass is 323 g/mol. The minimum Gasteiger partial charge on any atom is -0.497 e. The Morgan fingerprint density at radius 2 is 2.00 bits per heavy atom. The fraction of sp³-hybridized carbons (Fsp3) is 0.529. The molecule has 0 spiro atoms. The lowest BCUT2D eigenvalue weighted by atomic mass is 10.0. The molecule has 6 nitrogen and oxygen atoms in total. The van der Waals surface area contributed by atoms with Gasteiger partial charge in [0.25, 0.3) is 5.91 Å². The fourth-order valence-corrected chi connectivity index (χ4v) is 2.00. The number of methoxy groups -OCH3 is 1. The van der Waals surface area contributed by atoms with E-state index in [1.807, 2.05) is 6.92 Å². The van der Waals surface area contributed by atoms with Crippen LogP contribution in [-0.2, 0) is 4.79 Å². The summed E-state index contributed by atoms with van der Waals surface area (Å²) in [5.74, 6) is -0.787. The van der Waals surface area contributed by atoms with Crippen molar-refractivity contribution in [3.05, 3.63) is 23.8 Å². The number of carbonyl (C=O) groups is 2. The molecule has 0 saturated heterocycles. The topological polar surface area (TPSA) is 84.9 Å². The standard InChI is InChI=1S/C17H25NO5/c1-5-6-9-23-14-10-12(22-4)7-8-13(14)16(19)18-15(11(2)3)17(20)21/h7-8,10-11,15H,5-6,9H2,1-4H3,(H,18,19)(H,20,21). The van der Waals surface area contributed by atoms with Crippen molar-refractivity contribution in [3.8, 4) is 11.5 Å². The van der Waals surface area contributed by atoms with E-state index in [1.165, 1.54) is 7.11 Å². The molecule has 0 heterocycles. The third-order valence-corrected chi connectivity index (χ3v) is 3.41. The Morgan fingerprint density at radius 3 is 2.52 bits per heavy atom. The first-order chi connectivity index (χ1) is 10.9. The van der Waals surface area contributed by atoms with Crippen molar-refractivity contribution in [2.75, 3.05) is 13.7 Å². The molecule has 1 atom stereocenters. The number of carboxylic acids is 1. The third kappa shape index (κ3) is 5.47. The molecule has 0 aromatic heterocycles. The van der Waals surface area contributed by atoms with Crippen LogP contribution in [0.2, 0.25) is 0 Å². The van der Waals surface area contributed by atoms with Crippen molar-refractivity contribution in [1.82, 2.24) is 5.32 Å². The van der Waals surface area contributed by atoms with Crippen molar-refractivity contribution in [2.45, 2.75) is 39.7 Å². The third-order valence-electron chi connectivity index (χ3n) is 3.41. The number of rotatable bonds is 9. The second kappa shape index (κ2) is 9.02. The number of benzene rings is 1. The number of hydrogen-bond acceptors (Lipinski definition) is 4. The second-order valence-electron chi connectivity index (χ2n) is 5.60. The smallest absolute Gasteiger partial charge is 0.326 e. The molecule has 0 radical (unpaired) electrons. The van der Waals surface area contributed by atoms with Gasteiger partial charge in [0.2, 0.25) is 0 Å². The molecule has 1 unspecified atom stereocenters. The summed E-state index contributed by atoms with van der Waals surface area (Å²) in [5.41, 5.74) is 0.300. The van der Waals surface area contributed by atoms with Crippen LogP contribution in [0.5, 0.6) is 11.5 Å². The molecule has 1 aromatic rings. The van der Waals surface area contributed by atoms with Gasteiger partial charge in [0.05, 0.1) is 19.3 Å². The predicted molar refractivity (Wildman–Crippen MR) is 87.1 cm³/mol. The highest BCUT2D eigenvalue weighted by Gasteiger charge is 2.25. The van der Waals surface area contributed by atoms with Crippen molar-refractivity contribution in [2.24, 2.45) is 5.92 Å². The van der Waals surface area contributed by atoms with E-state index in [1.54, 1.807) is 32.0 Å². The molecular formula is C17H25NO5.